The van der Waals surface area contributed by atoms with Crippen molar-refractivity contribution in [2.24, 2.45) is 0 Å². The summed E-state index contributed by atoms with van der Waals surface area (Å²) in [6.45, 7) is -2.66. The van der Waals surface area contributed by atoms with Crippen molar-refractivity contribution in [2.75, 3.05) is 0 Å². The van der Waals surface area contributed by atoms with E-state index in [-0.39, 0.29) is 6.61 Å². The standard InChI is InChI=1S/C14H17F2NO3/c15-13(16)20-12-8-4-7-11(12)17-14(18)19-9-10-5-2-1-3-6-10/h1-3,5-6,11-13H,4,7-9H2,(H,17,18)/t11-,12-/m1/s1. The van der Waals surface area contributed by atoms with Gasteiger partial charge in [0.05, 0.1) is 12.1 Å². The molecule has 0 aliphatic heterocycles. The molecule has 4 nitrogen and oxygen atoms in total. The van der Waals surface area contributed by atoms with Gasteiger partial charge in [-0.15, -0.1) is 0 Å². The van der Waals surface area contributed by atoms with Gasteiger partial charge in [-0.05, 0) is 24.8 Å². The smallest absolute Gasteiger partial charge is 0.407 e. The van der Waals surface area contributed by atoms with Gasteiger partial charge in [-0.2, -0.15) is 8.78 Å². The van der Waals surface area contributed by atoms with E-state index in [0.717, 1.165) is 12.0 Å². The lowest BCUT2D eigenvalue weighted by atomic mass is 10.2. The van der Waals surface area contributed by atoms with Gasteiger partial charge in [-0.1, -0.05) is 30.3 Å². The van der Waals surface area contributed by atoms with Crippen LogP contribution in [0.15, 0.2) is 30.3 Å². The molecular formula is C14H17F2NO3. The van der Waals surface area contributed by atoms with E-state index in [1.807, 2.05) is 30.3 Å². The fourth-order valence-corrected chi connectivity index (χ4v) is 2.30. The van der Waals surface area contributed by atoms with E-state index in [9.17, 15) is 13.6 Å². The summed E-state index contributed by atoms with van der Waals surface area (Å²) in [5.41, 5.74) is 0.870. The molecule has 1 amide bonds. The Morgan fingerprint density at radius 1 is 1.30 bits per heavy atom. The molecule has 0 bridgehead atoms. The van der Waals surface area contributed by atoms with E-state index in [1.165, 1.54) is 0 Å². The predicted molar refractivity (Wildman–Crippen MR) is 68.3 cm³/mol. The number of nitrogens with one attached hydrogen (secondary N) is 1. The van der Waals surface area contributed by atoms with E-state index in [1.54, 1.807) is 0 Å². The van der Waals surface area contributed by atoms with Crippen LogP contribution in [0.2, 0.25) is 0 Å². The number of alkyl halides is 2. The summed E-state index contributed by atoms with van der Waals surface area (Å²) < 4.78 is 33.9. The highest BCUT2D eigenvalue weighted by molar-refractivity contribution is 5.67. The van der Waals surface area contributed by atoms with Crippen molar-refractivity contribution in [3.05, 3.63) is 35.9 Å². The Morgan fingerprint density at radius 3 is 2.75 bits per heavy atom. The first-order valence-electron chi connectivity index (χ1n) is 6.56. The van der Waals surface area contributed by atoms with E-state index in [2.05, 4.69) is 10.1 Å². The van der Waals surface area contributed by atoms with Crippen molar-refractivity contribution < 1.29 is 23.0 Å². The van der Waals surface area contributed by atoms with Crippen molar-refractivity contribution in [1.82, 2.24) is 5.32 Å². The molecule has 0 saturated heterocycles. The fourth-order valence-electron chi connectivity index (χ4n) is 2.30. The van der Waals surface area contributed by atoms with Gasteiger partial charge in [0.2, 0.25) is 0 Å². The predicted octanol–water partition coefficient (Wildman–Crippen LogP) is 3.07. The SMILES string of the molecule is O=C(N[C@@H]1CCC[C@H]1OC(F)F)OCc1ccccc1. The van der Waals surface area contributed by atoms with Gasteiger partial charge < -0.3 is 14.8 Å². The van der Waals surface area contributed by atoms with Gasteiger partial charge in [0.25, 0.3) is 0 Å². The highest BCUT2D eigenvalue weighted by atomic mass is 19.3. The largest absolute Gasteiger partial charge is 0.445 e. The average molecular weight is 285 g/mol. The highest BCUT2D eigenvalue weighted by Crippen LogP contribution is 2.24. The van der Waals surface area contributed by atoms with Crippen LogP contribution in [0.3, 0.4) is 0 Å². The van der Waals surface area contributed by atoms with Gasteiger partial charge in [0.15, 0.2) is 0 Å². The quantitative estimate of drug-likeness (QED) is 0.904. The van der Waals surface area contributed by atoms with E-state index in [4.69, 9.17) is 4.74 Å². The fraction of sp³-hybridized carbons (Fsp3) is 0.500. The molecule has 0 spiro atoms. The second-order valence-electron chi connectivity index (χ2n) is 4.68. The third-order valence-electron chi connectivity index (χ3n) is 3.25. The molecule has 1 fully saturated rings. The van der Waals surface area contributed by atoms with Gasteiger partial charge in [0.1, 0.15) is 6.61 Å². The Morgan fingerprint density at radius 2 is 2.05 bits per heavy atom. The number of carbonyl (C=O) groups is 1. The summed E-state index contributed by atoms with van der Waals surface area (Å²) in [5, 5.41) is 2.59. The Balaban J connectivity index is 1.76. The monoisotopic (exact) mass is 285 g/mol. The Hall–Kier alpha value is -1.69. The zero-order valence-electron chi connectivity index (χ0n) is 10.9. The first kappa shape index (κ1) is 14.7. The van der Waals surface area contributed by atoms with Crippen LogP contribution in [-0.4, -0.2) is 24.9 Å². The Bertz CT molecular complexity index is 428. The van der Waals surface area contributed by atoms with Gasteiger partial charge >= 0.3 is 12.7 Å². The third-order valence-corrected chi connectivity index (χ3v) is 3.25. The number of alkyl carbamates (subject to hydrolysis) is 1. The second kappa shape index (κ2) is 7.19. The van der Waals surface area contributed by atoms with Gasteiger partial charge in [-0.3, -0.25) is 0 Å². The van der Waals surface area contributed by atoms with E-state index >= 15 is 0 Å². The Labute approximate surface area is 116 Å². The zero-order chi connectivity index (χ0) is 14.4. The first-order valence-corrected chi connectivity index (χ1v) is 6.56. The summed E-state index contributed by atoms with van der Waals surface area (Å²) >= 11 is 0. The summed E-state index contributed by atoms with van der Waals surface area (Å²) in [5.74, 6) is 0. The number of hydrogen-bond donors (Lipinski definition) is 1. The zero-order valence-corrected chi connectivity index (χ0v) is 10.9. The molecule has 20 heavy (non-hydrogen) atoms. The molecule has 110 valence electrons. The van der Waals surface area contributed by atoms with Crippen LogP contribution in [0.25, 0.3) is 0 Å². The molecule has 2 rings (SSSR count). The van der Waals surface area contributed by atoms with Crippen LogP contribution in [-0.2, 0) is 16.1 Å². The lowest BCUT2D eigenvalue weighted by Crippen LogP contribution is -2.41. The maximum absolute atomic E-state index is 12.2. The molecule has 1 aromatic rings. The summed E-state index contributed by atoms with van der Waals surface area (Å²) in [7, 11) is 0. The van der Waals surface area contributed by atoms with Crippen molar-refractivity contribution in [3.63, 3.8) is 0 Å². The Kier molecular flexibility index (Phi) is 5.29. The van der Waals surface area contributed by atoms with Crippen molar-refractivity contribution >= 4 is 6.09 Å². The number of hydrogen-bond acceptors (Lipinski definition) is 3. The van der Waals surface area contributed by atoms with Crippen molar-refractivity contribution in [1.29, 1.82) is 0 Å². The number of halogens is 2. The molecule has 2 atom stereocenters. The maximum Gasteiger partial charge on any atom is 0.407 e. The van der Waals surface area contributed by atoms with Crippen LogP contribution >= 0.6 is 0 Å². The van der Waals surface area contributed by atoms with Crippen molar-refractivity contribution in [3.8, 4) is 0 Å². The highest BCUT2D eigenvalue weighted by Gasteiger charge is 2.31. The van der Waals surface area contributed by atoms with E-state index in [0.29, 0.717) is 12.8 Å². The number of amides is 1. The summed E-state index contributed by atoms with van der Waals surface area (Å²) in [6, 6.07) is 8.83. The molecule has 0 unspecified atom stereocenters. The molecule has 1 aromatic carbocycles. The lowest BCUT2D eigenvalue weighted by Gasteiger charge is -2.20. The number of benzene rings is 1. The molecule has 1 aliphatic rings. The molecule has 1 saturated carbocycles. The topological polar surface area (TPSA) is 47.6 Å². The van der Waals surface area contributed by atoms with Gasteiger partial charge in [-0.25, -0.2) is 4.79 Å². The normalized spacial score (nSPS) is 21.9. The number of carbonyl (C=O) groups excluding carboxylic acids is 1. The summed E-state index contributed by atoms with van der Waals surface area (Å²) in [4.78, 5) is 11.6. The molecule has 0 aromatic heterocycles. The van der Waals surface area contributed by atoms with Crippen molar-refractivity contribution in [2.45, 2.75) is 44.6 Å². The number of ether oxygens (including phenoxy) is 2. The molecular weight excluding hydrogens is 268 g/mol. The molecule has 0 heterocycles. The first-order chi connectivity index (χ1) is 9.65. The maximum atomic E-state index is 12.2. The second-order valence-corrected chi connectivity index (χ2v) is 4.68. The van der Waals surface area contributed by atoms with Crippen LogP contribution < -0.4 is 5.32 Å². The summed E-state index contributed by atoms with van der Waals surface area (Å²) in [6.07, 6.45) is 0.648. The molecule has 1 aliphatic carbocycles. The third kappa shape index (κ3) is 4.45. The molecule has 0 radical (unpaired) electrons. The van der Waals surface area contributed by atoms with Crippen LogP contribution in [0.5, 0.6) is 0 Å². The minimum Gasteiger partial charge on any atom is -0.445 e. The molecule has 6 heteroatoms. The lowest BCUT2D eigenvalue weighted by molar-refractivity contribution is -0.165. The van der Waals surface area contributed by atoms with Crippen LogP contribution in [0.4, 0.5) is 13.6 Å². The molecule has 1 N–H and O–H groups in total. The van der Waals surface area contributed by atoms with Gasteiger partial charge in [0, 0.05) is 0 Å². The average Bonchev–Trinajstić information content (AvgIpc) is 2.84. The minimum absolute atomic E-state index is 0.153. The number of rotatable bonds is 5. The van der Waals surface area contributed by atoms with Crippen LogP contribution in [0.1, 0.15) is 24.8 Å². The van der Waals surface area contributed by atoms with Crippen LogP contribution in [0, 0.1) is 0 Å². The van der Waals surface area contributed by atoms with E-state index < -0.39 is 24.9 Å². The minimum atomic E-state index is -2.82.